The number of carboxylic acid groups (broad SMARTS) is 3. The Morgan fingerprint density at radius 1 is 0.486 bits per heavy atom. The molecule has 70 heavy (non-hydrogen) atoms. The fourth-order valence-electron chi connectivity index (χ4n) is 7.53. The van der Waals surface area contributed by atoms with Crippen LogP contribution in [0.25, 0.3) is 49.5 Å². The van der Waals surface area contributed by atoms with Gasteiger partial charge in [-0.25, -0.2) is 0 Å². The first-order valence-electron chi connectivity index (χ1n) is 20.7. The van der Waals surface area contributed by atoms with Crippen LogP contribution in [0.5, 0.6) is 0 Å². The van der Waals surface area contributed by atoms with Gasteiger partial charge in [0.1, 0.15) is 28.3 Å². The van der Waals surface area contributed by atoms with Crippen molar-refractivity contribution < 1.29 is 48.9 Å². The highest BCUT2D eigenvalue weighted by atomic mass is 32.2. The molecule has 4 amide bonds. The molecular weight excluding hydrogens is 1030 g/mol. The summed E-state index contributed by atoms with van der Waals surface area (Å²) in [6, 6.07) is 35.6. The lowest BCUT2D eigenvalue weighted by Gasteiger charge is -2.26. The molecule has 0 unspecified atom stereocenters. The van der Waals surface area contributed by atoms with Crippen LogP contribution in [0.4, 0.5) is 17.1 Å². The van der Waals surface area contributed by atoms with Crippen molar-refractivity contribution in [1.29, 1.82) is 0 Å². The van der Waals surface area contributed by atoms with Crippen molar-refractivity contribution in [2.75, 3.05) is 24.5 Å². The number of amides is 4. The molecule has 3 aliphatic heterocycles. The van der Waals surface area contributed by atoms with Crippen molar-refractivity contribution in [3.8, 4) is 31.3 Å². The van der Waals surface area contributed by atoms with Gasteiger partial charge in [-0.2, -0.15) is 0 Å². The number of carboxylic acids is 3. The van der Waals surface area contributed by atoms with Gasteiger partial charge in [0.25, 0.3) is 17.7 Å². The van der Waals surface area contributed by atoms with Gasteiger partial charge in [0.05, 0.1) is 16.2 Å². The molecule has 0 bridgehead atoms. The zero-order valence-corrected chi connectivity index (χ0v) is 41.5. The minimum absolute atomic E-state index is 0.161. The van der Waals surface area contributed by atoms with Gasteiger partial charge < -0.3 is 20.2 Å². The van der Waals surface area contributed by atoms with Crippen molar-refractivity contribution in [3.05, 3.63) is 139 Å². The number of aliphatic carboxylic acids is 3. The first kappa shape index (κ1) is 48.2. The number of benzene rings is 3. The summed E-state index contributed by atoms with van der Waals surface area (Å²) >= 11 is 17.1. The van der Waals surface area contributed by atoms with E-state index in [1.807, 2.05) is 109 Å². The number of likely N-dealkylation sites (tertiary alicyclic amines) is 1. The molecule has 6 aromatic rings. The molecule has 0 radical (unpaired) electrons. The predicted molar refractivity (Wildman–Crippen MR) is 283 cm³/mol. The van der Waals surface area contributed by atoms with Crippen molar-refractivity contribution in [3.63, 3.8) is 0 Å². The Morgan fingerprint density at radius 3 is 1.19 bits per heavy atom. The molecule has 350 valence electrons. The van der Waals surface area contributed by atoms with Crippen LogP contribution in [-0.2, 0) is 33.6 Å². The van der Waals surface area contributed by atoms with Gasteiger partial charge >= 0.3 is 17.9 Å². The molecule has 3 saturated heterocycles. The molecule has 3 aliphatic rings. The number of carbonyl (C=O) groups is 7. The molecule has 0 spiro atoms. The summed E-state index contributed by atoms with van der Waals surface area (Å²) in [6.45, 7) is -1.67. The third-order valence-corrected chi connectivity index (χ3v) is 16.8. The van der Waals surface area contributed by atoms with Crippen LogP contribution in [0.3, 0.4) is 0 Å². The van der Waals surface area contributed by atoms with Gasteiger partial charge in [-0.05, 0) is 108 Å². The number of anilines is 3. The van der Waals surface area contributed by atoms with Gasteiger partial charge in [-0.15, -0.1) is 34.0 Å². The molecule has 0 aliphatic carbocycles. The summed E-state index contributed by atoms with van der Waals surface area (Å²) in [6.07, 6.45) is 4.92. The number of imide groups is 1. The highest BCUT2D eigenvalue weighted by Gasteiger charge is 2.36. The summed E-state index contributed by atoms with van der Waals surface area (Å²) < 4.78 is 0.400. The maximum atomic E-state index is 12.9. The number of thioether (sulfide) groups is 2. The third-order valence-electron chi connectivity index (χ3n) is 10.8. The van der Waals surface area contributed by atoms with Crippen LogP contribution < -0.4 is 4.90 Å². The molecule has 9 rings (SSSR count). The second kappa shape index (κ2) is 20.2. The topological polar surface area (TPSA) is 193 Å². The standard InChI is InChI=1S/C49H32N4O10S7/c54-41-20-29(45(61)50(41)23-42(55)56)19-33-13-16-36(66-33)26-1-7-30(8-2-26)53(31-9-3-27(4-10-31)37-17-14-34(67-37)21-39-46(62)51(24-43(57)58)48(64)69-39)32-11-5-28(6-12-32)38-18-15-35(68-38)22-40-47(63)52(25-44(59)60)49(65)70-40/h1-19,21-22H,20,23-25H2,(H,55,56)(H,57,58)(H,59,60)/b29-19-,39-21-,40-22+. The lowest BCUT2D eigenvalue weighted by Crippen LogP contribution is -2.34. The van der Waals surface area contributed by atoms with Crippen LogP contribution in [0.2, 0.25) is 0 Å². The van der Waals surface area contributed by atoms with E-state index in [9.17, 15) is 43.8 Å². The Bertz CT molecular complexity index is 2950. The zero-order chi connectivity index (χ0) is 49.4. The van der Waals surface area contributed by atoms with E-state index >= 15 is 0 Å². The fourth-order valence-corrected chi connectivity index (χ4v) is 13.1. The van der Waals surface area contributed by atoms with E-state index in [-0.39, 0.29) is 20.6 Å². The molecule has 3 aromatic carbocycles. The SMILES string of the molecule is O=C(O)CN1C(=O)C/C(=C/c2ccc(-c3ccc(N(c4ccc(-c5ccc(/C=C6\SC(=S)N(CC(=O)O)C6=O)s5)cc4)c4ccc(-c5ccc(/C=C6/SC(=S)N(CC(=O)O)C6=O)s5)cc4)cc3)s2)C1=O. The van der Waals surface area contributed by atoms with Gasteiger partial charge in [0.15, 0.2) is 0 Å². The molecular formula is C49H32N4O10S7. The second-order valence-electron chi connectivity index (χ2n) is 15.4. The third kappa shape index (κ3) is 10.4. The van der Waals surface area contributed by atoms with E-state index in [2.05, 4.69) is 4.90 Å². The summed E-state index contributed by atoms with van der Waals surface area (Å²) in [5.74, 6) is -5.58. The van der Waals surface area contributed by atoms with Crippen molar-refractivity contribution in [1.82, 2.24) is 14.7 Å². The highest BCUT2D eigenvalue weighted by molar-refractivity contribution is 8.27. The van der Waals surface area contributed by atoms with E-state index in [1.165, 1.54) is 34.0 Å². The predicted octanol–water partition coefficient (Wildman–Crippen LogP) is 10.1. The molecule has 0 atom stereocenters. The van der Waals surface area contributed by atoms with E-state index in [4.69, 9.17) is 29.5 Å². The number of carbonyl (C=O) groups excluding carboxylic acids is 4. The molecule has 3 fully saturated rings. The molecule has 3 N–H and O–H groups in total. The van der Waals surface area contributed by atoms with Gasteiger partial charge in [0.2, 0.25) is 5.91 Å². The minimum atomic E-state index is -1.26. The van der Waals surface area contributed by atoms with Gasteiger partial charge in [-0.3, -0.25) is 48.3 Å². The van der Waals surface area contributed by atoms with E-state index in [0.29, 0.717) is 9.81 Å². The largest absolute Gasteiger partial charge is 0.480 e. The number of thiophene rings is 3. The average molecular weight is 1060 g/mol. The van der Waals surface area contributed by atoms with Crippen LogP contribution in [-0.4, -0.2) is 99.8 Å². The van der Waals surface area contributed by atoms with Gasteiger partial charge in [-0.1, -0.05) is 84.4 Å². The summed E-state index contributed by atoms with van der Waals surface area (Å²) in [5, 5.41) is 27.6. The lowest BCUT2D eigenvalue weighted by molar-refractivity contribution is -0.148. The fraction of sp³-hybridized carbons (Fsp3) is 0.0816. The van der Waals surface area contributed by atoms with E-state index < -0.39 is 61.2 Å². The summed E-state index contributed by atoms with van der Waals surface area (Å²) in [7, 11) is 0. The minimum Gasteiger partial charge on any atom is -0.480 e. The number of hydrogen-bond acceptors (Lipinski definition) is 15. The van der Waals surface area contributed by atoms with E-state index in [1.54, 1.807) is 18.2 Å². The molecule has 0 saturated carbocycles. The normalized spacial score (nSPS) is 16.8. The number of hydrogen-bond donors (Lipinski definition) is 3. The Labute approximate surface area is 429 Å². The molecule has 3 aromatic heterocycles. The Morgan fingerprint density at radius 2 is 0.829 bits per heavy atom. The van der Waals surface area contributed by atoms with Crippen LogP contribution in [0.15, 0.2) is 125 Å². The van der Waals surface area contributed by atoms with Crippen molar-refractivity contribution >= 4 is 167 Å². The smallest absolute Gasteiger partial charge is 0.323 e. The highest BCUT2D eigenvalue weighted by Crippen LogP contribution is 2.42. The average Bonchev–Trinajstić information content (AvgIpc) is 4.21. The number of rotatable bonds is 15. The molecule has 6 heterocycles. The van der Waals surface area contributed by atoms with Gasteiger partial charge in [0, 0.05) is 51.9 Å². The first-order valence-corrected chi connectivity index (χ1v) is 25.6. The van der Waals surface area contributed by atoms with Crippen LogP contribution in [0.1, 0.15) is 21.1 Å². The van der Waals surface area contributed by atoms with Crippen molar-refractivity contribution in [2.45, 2.75) is 6.42 Å². The van der Waals surface area contributed by atoms with Crippen molar-refractivity contribution in [2.24, 2.45) is 0 Å². The molecule has 21 heteroatoms. The Hall–Kier alpha value is -6.85. The van der Waals surface area contributed by atoms with E-state index in [0.717, 1.165) is 101 Å². The summed E-state index contributed by atoms with van der Waals surface area (Å²) in [4.78, 5) is 95.6. The first-order chi connectivity index (χ1) is 33.6. The molecule has 14 nitrogen and oxygen atoms in total. The Balaban J connectivity index is 0.981. The monoisotopic (exact) mass is 1060 g/mol. The zero-order valence-electron chi connectivity index (χ0n) is 35.8. The quantitative estimate of drug-likeness (QED) is 0.0499. The maximum Gasteiger partial charge on any atom is 0.323 e. The maximum absolute atomic E-state index is 12.9. The second-order valence-corrected chi connectivity index (χ2v) is 22.1. The van der Waals surface area contributed by atoms with Crippen LogP contribution in [0, 0.1) is 0 Å². The number of thiocarbonyl (C=S) groups is 2. The van der Waals surface area contributed by atoms with Crippen LogP contribution >= 0.6 is 82.0 Å². The lowest BCUT2D eigenvalue weighted by atomic mass is 10.1. The Kier molecular flexibility index (Phi) is 13.9. The summed E-state index contributed by atoms with van der Waals surface area (Å²) in [5.41, 5.74) is 5.62. The number of nitrogens with zero attached hydrogens (tertiary/aromatic N) is 4.